The number of aromatic carboxylic acids is 1. The Hall–Kier alpha value is -3.89. The highest BCUT2D eigenvalue weighted by molar-refractivity contribution is 9.10. The Kier molecular flexibility index (Phi) is 8.01. The molecule has 0 saturated carbocycles. The van der Waals surface area contributed by atoms with Gasteiger partial charge in [-0.15, -0.1) is 0 Å². The summed E-state index contributed by atoms with van der Waals surface area (Å²) < 4.78 is 6.45. The van der Waals surface area contributed by atoms with Gasteiger partial charge in [0.2, 0.25) is 0 Å². The fraction of sp³-hybridized carbons (Fsp3) is 0.115. The molecule has 0 bridgehead atoms. The van der Waals surface area contributed by atoms with E-state index in [1.165, 1.54) is 18.2 Å². The van der Waals surface area contributed by atoms with E-state index < -0.39 is 11.9 Å². The van der Waals surface area contributed by atoms with Gasteiger partial charge in [0.05, 0.1) is 10.0 Å². The quantitative estimate of drug-likeness (QED) is 0.296. The summed E-state index contributed by atoms with van der Waals surface area (Å²) in [6, 6.07) is 21.1. The van der Waals surface area contributed by atoms with E-state index in [0.717, 1.165) is 17.5 Å². The number of nitriles is 1. The van der Waals surface area contributed by atoms with Crippen molar-refractivity contribution < 1.29 is 19.4 Å². The predicted molar refractivity (Wildman–Crippen MR) is 130 cm³/mol. The lowest BCUT2D eigenvalue weighted by Crippen LogP contribution is -2.13. The molecule has 2 N–H and O–H groups in total. The molecule has 0 fully saturated rings. The van der Waals surface area contributed by atoms with Crippen LogP contribution in [0.4, 0.5) is 5.69 Å². The number of amides is 1. The average molecular weight is 505 g/mol. The number of aryl methyl sites for hydroxylation is 1. The molecule has 0 radical (unpaired) electrons. The third-order valence-corrected chi connectivity index (χ3v) is 5.47. The number of hydrogen-bond acceptors (Lipinski definition) is 4. The molecule has 3 aromatic rings. The molecular weight excluding hydrogens is 484 g/mol. The number of nitrogens with zero attached hydrogens (tertiary/aromatic N) is 1. The lowest BCUT2D eigenvalue weighted by Gasteiger charge is -2.10. The number of carboxylic acid groups (broad SMARTS) is 1. The maximum Gasteiger partial charge on any atom is 0.335 e. The van der Waals surface area contributed by atoms with Gasteiger partial charge in [-0.25, -0.2) is 4.79 Å². The SMILES string of the molecule is CCc1ccc(NC(=O)/C(C#N)=C\c2ccc(OCc3ccc(C(=O)O)cc3)c(Br)c2)cc1. The molecular formula is C26H21BrN2O4. The van der Waals surface area contributed by atoms with Gasteiger partial charge in [-0.05, 0) is 81.5 Å². The molecule has 0 unspecified atom stereocenters. The van der Waals surface area contributed by atoms with Gasteiger partial charge < -0.3 is 15.2 Å². The number of carboxylic acids is 1. The molecule has 0 aliphatic heterocycles. The van der Waals surface area contributed by atoms with Crippen LogP contribution >= 0.6 is 15.9 Å². The summed E-state index contributed by atoms with van der Waals surface area (Å²) in [6.45, 7) is 2.31. The van der Waals surface area contributed by atoms with Crippen LogP contribution in [0.25, 0.3) is 6.08 Å². The molecule has 0 aromatic heterocycles. The van der Waals surface area contributed by atoms with Gasteiger partial charge in [0.1, 0.15) is 24.0 Å². The summed E-state index contributed by atoms with van der Waals surface area (Å²) in [6.07, 6.45) is 2.41. The van der Waals surface area contributed by atoms with Gasteiger partial charge in [-0.3, -0.25) is 4.79 Å². The zero-order valence-electron chi connectivity index (χ0n) is 17.8. The van der Waals surface area contributed by atoms with E-state index in [4.69, 9.17) is 9.84 Å². The molecule has 0 saturated heterocycles. The molecule has 0 spiro atoms. The van der Waals surface area contributed by atoms with Crippen molar-refractivity contribution in [2.75, 3.05) is 5.32 Å². The maximum absolute atomic E-state index is 12.5. The Morgan fingerprint density at radius 3 is 2.30 bits per heavy atom. The van der Waals surface area contributed by atoms with Crippen LogP contribution in [0.1, 0.15) is 34.0 Å². The summed E-state index contributed by atoms with van der Waals surface area (Å²) in [5.41, 5.74) is 3.47. The number of nitrogens with one attached hydrogen (secondary N) is 1. The Labute approximate surface area is 200 Å². The number of halogens is 1. The third kappa shape index (κ3) is 6.55. The van der Waals surface area contributed by atoms with Gasteiger partial charge in [0.15, 0.2) is 0 Å². The average Bonchev–Trinajstić information content (AvgIpc) is 2.82. The summed E-state index contributed by atoms with van der Waals surface area (Å²) in [4.78, 5) is 23.4. The van der Waals surface area contributed by atoms with Crippen molar-refractivity contribution in [1.82, 2.24) is 0 Å². The van der Waals surface area contributed by atoms with Crippen molar-refractivity contribution in [1.29, 1.82) is 5.26 Å². The minimum atomic E-state index is -0.978. The zero-order valence-corrected chi connectivity index (χ0v) is 19.4. The fourth-order valence-electron chi connectivity index (χ4n) is 2.97. The number of anilines is 1. The number of ether oxygens (including phenoxy) is 1. The number of carbonyl (C=O) groups excluding carboxylic acids is 1. The van der Waals surface area contributed by atoms with Crippen LogP contribution in [0.2, 0.25) is 0 Å². The summed E-state index contributed by atoms with van der Waals surface area (Å²) >= 11 is 3.45. The highest BCUT2D eigenvalue weighted by atomic mass is 79.9. The fourth-order valence-corrected chi connectivity index (χ4v) is 3.48. The first-order valence-electron chi connectivity index (χ1n) is 10.2. The minimum Gasteiger partial charge on any atom is -0.488 e. The smallest absolute Gasteiger partial charge is 0.335 e. The lowest BCUT2D eigenvalue weighted by atomic mass is 10.1. The van der Waals surface area contributed by atoms with Crippen LogP contribution in [-0.4, -0.2) is 17.0 Å². The molecule has 3 rings (SSSR count). The molecule has 166 valence electrons. The first-order valence-corrected chi connectivity index (χ1v) is 11.0. The van der Waals surface area contributed by atoms with Crippen molar-refractivity contribution in [2.45, 2.75) is 20.0 Å². The van der Waals surface area contributed by atoms with Crippen molar-refractivity contribution in [3.63, 3.8) is 0 Å². The largest absolute Gasteiger partial charge is 0.488 e. The van der Waals surface area contributed by atoms with E-state index in [1.807, 2.05) is 30.3 Å². The van der Waals surface area contributed by atoms with Gasteiger partial charge in [-0.1, -0.05) is 37.3 Å². The topological polar surface area (TPSA) is 99.4 Å². The second kappa shape index (κ2) is 11.1. The Balaban J connectivity index is 1.67. The van der Waals surface area contributed by atoms with Gasteiger partial charge in [0, 0.05) is 5.69 Å². The molecule has 0 heterocycles. The predicted octanol–water partition coefficient (Wildman–Crippen LogP) is 5.83. The Bertz CT molecular complexity index is 1230. The highest BCUT2D eigenvalue weighted by Crippen LogP contribution is 2.28. The van der Waals surface area contributed by atoms with Gasteiger partial charge in [-0.2, -0.15) is 5.26 Å². The van der Waals surface area contributed by atoms with Crippen molar-refractivity contribution in [3.05, 3.63) is 99.0 Å². The lowest BCUT2D eigenvalue weighted by molar-refractivity contribution is -0.112. The van der Waals surface area contributed by atoms with Crippen LogP contribution < -0.4 is 10.1 Å². The van der Waals surface area contributed by atoms with E-state index in [0.29, 0.717) is 21.5 Å². The monoisotopic (exact) mass is 504 g/mol. The normalized spacial score (nSPS) is 10.9. The Morgan fingerprint density at radius 1 is 1.06 bits per heavy atom. The van der Waals surface area contributed by atoms with E-state index in [-0.39, 0.29) is 17.7 Å². The molecule has 3 aromatic carbocycles. The molecule has 1 amide bonds. The number of rotatable bonds is 8. The van der Waals surface area contributed by atoms with Gasteiger partial charge >= 0.3 is 5.97 Å². The van der Waals surface area contributed by atoms with E-state index >= 15 is 0 Å². The van der Waals surface area contributed by atoms with Crippen molar-refractivity contribution in [3.8, 4) is 11.8 Å². The molecule has 0 aliphatic rings. The zero-order chi connectivity index (χ0) is 23.8. The molecule has 0 aliphatic carbocycles. The van der Waals surface area contributed by atoms with Crippen LogP contribution in [-0.2, 0) is 17.8 Å². The summed E-state index contributed by atoms with van der Waals surface area (Å²) in [7, 11) is 0. The first kappa shape index (κ1) is 23.8. The van der Waals surface area contributed by atoms with Crippen LogP contribution in [0.15, 0.2) is 76.8 Å². The first-order chi connectivity index (χ1) is 15.9. The Morgan fingerprint density at radius 2 is 1.73 bits per heavy atom. The maximum atomic E-state index is 12.5. The summed E-state index contributed by atoms with van der Waals surface area (Å²) in [5.74, 6) is -0.884. The van der Waals surface area contributed by atoms with Crippen molar-refractivity contribution >= 4 is 39.6 Å². The molecule has 7 heteroatoms. The highest BCUT2D eigenvalue weighted by Gasteiger charge is 2.11. The van der Waals surface area contributed by atoms with E-state index in [2.05, 4.69) is 28.2 Å². The van der Waals surface area contributed by atoms with Crippen LogP contribution in [0.5, 0.6) is 5.75 Å². The molecule has 33 heavy (non-hydrogen) atoms. The molecule has 0 atom stereocenters. The number of benzene rings is 3. The van der Waals surface area contributed by atoms with Crippen molar-refractivity contribution in [2.24, 2.45) is 0 Å². The second-order valence-corrected chi connectivity index (χ2v) is 8.01. The number of hydrogen-bond donors (Lipinski definition) is 2. The minimum absolute atomic E-state index is 0.0198. The summed E-state index contributed by atoms with van der Waals surface area (Å²) in [5, 5.41) is 21.2. The standard InChI is InChI=1S/C26H21BrN2O4/c1-2-17-5-10-22(11-6-17)29-25(30)21(15-28)13-19-7-12-24(23(27)14-19)33-16-18-3-8-20(9-4-18)26(31)32/h3-14H,2,16H2,1H3,(H,29,30)(H,31,32)/b21-13-. The van der Waals surface area contributed by atoms with E-state index in [9.17, 15) is 14.9 Å². The third-order valence-electron chi connectivity index (χ3n) is 4.85. The van der Waals surface area contributed by atoms with Gasteiger partial charge in [0.25, 0.3) is 5.91 Å². The molecule has 6 nitrogen and oxygen atoms in total. The van der Waals surface area contributed by atoms with Crippen LogP contribution in [0.3, 0.4) is 0 Å². The van der Waals surface area contributed by atoms with E-state index in [1.54, 1.807) is 30.3 Å². The number of carbonyl (C=O) groups is 2. The van der Waals surface area contributed by atoms with Crippen LogP contribution in [0, 0.1) is 11.3 Å². The second-order valence-electron chi connectivity index (χ2n) is 7.16.